The third-order valence-corrected chi connectivity index (χ3v) is 5.78. The van der Waals surface area contributed by atoms with Gasteiger partial charge in [-0.2, -0.15) is 0 Å². The SMILES string of the molecule is CCCc1c(C(=O)Nc2ccccc2)c(=O)cc(CC)n1CC1CCCCC1. The second-order valence-corrected chi connectivity index (χ2v) is 7.86. The molecule has 0 radical (unpaired) electrons. The highest BCUT2D eigenvalue weighted by Gasteiger charge is 2.23. The van der Waals surface area contributed by atoms with E-state index in [1.54, 1.807) is 6.07 Å². The highest BCUT2D eigenvalue weighted by molar-refractivity contribution is 6.05. The number of anilines is 1. The Morgan fingerprint density at radius 1 is 1.11 bits per heavy atom. The zero-order chi connectivity index (χ0) is 19.9. The van der Waals surface area contributed by atoms with E-state index in [2.05, 4.69) is 23.7 Å². The summed E-state index contributed by atoms with van der Waals surface area (Å²) >= 11 is 0. The Bertz CT molecular complexity index is 849. The molecule has 1 amide bonds. The largest absolute Gasteiger partial charge is 0.347 e. The van der Waals surface area contributed by atoms with E-state index >= 15 is 0 Å². The molecule has 4 heteroatoms. The van der Waals surface area contributed by atoms with Gasteiger partial charge in [-0.15, -0.1) is 0 Å². The first-order valence-corrected chi connectivity index (χ1v) is 10.8. The van der Waals surface area contributed by atoms with Crippen molar-refractivity contribution in [3.63, 3.8) is 0 Å². The van der Waals surface area contributed by atoms with Crippen molar-refractivity contribution in [2.45, 2.75) is 71.8 Å². The summed E-state index contributed by atoms with van der Waals surface area (Å²) in [6.45, 7) is 5.11. The molecule has 0 unspecified atom stereocenters. The van der Waals surface area contributed by atoms with Gasteiger partial charge in [0.15, 0.2) is 5.43 Å². The minimum atomic E-state index is -0.292. The van der Waals surface area contributed by atoms with Crippen LogP contribution in [0.4, 0.5) is 5.69 Å². The van der Waals surface area contributed by atoms with Crippen molar-refractivity contribution in [1.82, 2.24) is 4.57 Å². The fraction of sp³-hybridized carbons (Fsp3) is 0.500. The second kappa shape index (κ2) is 9.72. The number of nitrogens with zero attached hydrogens (tertiary/aromatic N) is 1. The van der Waals surface area contributed by atoms with Crippen LogP contribution in [0.1, 0.15) is 74.1 Å². The van der Waals surface area contributed by atoms with Crippen molar-refractivity contribution in [3.8, 4) is 0 Å². The summed E-state index contributed by atoms with van der Waals surface area (Å²) < 4.78 is 2.29. The number of hydrogen-bond acceptors (Lipinski definition) is 2. The third kappa shape index (κ3) is 4.73. The highest BCUT2D eigenvalue weighted by atomic mass is 16.2. The summed E-state index contributed by atoms with van der Waals surface area (Å²) in [7, 11) is 0. The second-order valence-electron chi connectivity index (χ2n) is 7.86. The van der Waals surface area contributed by atoms with Crippen LogP contribution in [0.15, 0.2) is 41.2 Å². The molecule has 3 rings (SSSR count). The molecule has 2 aromatic rings. The Kier molecular flexibility index (Phi) is 7.07. The molecule has 0 atom stereocenters. The number of nitrogens with one attached hydrogen (secondary N) is 1. The van der Waals surface area contributed by atoms with E-state index in [-0.39, 0.29) is 11.3 Å². The Morgan fingerprint density at radius 3 is 2.46 bits per heavy atom. The minimum Gasteiger partial charge on any atom is -0.347 e. The van der Waals surface area contributed by atoms with Crippen LogP contribution in [0.5, 0.6) is 0 Å². The molecule has 0 bridgehead atoms. The molecule has 1 heterocycles. The monoisotopic (exact) mass is 380 g/mol. The predicted octanol–water partition coefficient (Wildman–Crippen LogP) is 5.20. The number of rotatable bonds is 7. The van der Waals surface area contributed by atoms with Crippen LogP contribution in [-0.2, 0) is 19.4 Å². The molecule has 1 fully saturated rings. The van der Waals surface area contributed by atoms with Crippen molar-refractivity contribution in [2.75, 3.05) is 5.32 Å². The van der Waals surface area contributed by atoms with E-state index in [9.17, 15) is 9.59 Å². The number of carbonyl (C=O) groups excluding carboxylic acids is 1. The van der Waals surface area contributed by atoms with Crippen molar-refractivity contribution in [3.05, 3.63) is 63.6 Å². The van der Waals surface area contributed by atoms with E-state index in [0.29, 0.717) is 17.2 Å². The van der Waals surface area contributed by atoms with Crippen LogP contribution in [0, 0.1) is 5.92 Å². The number of aryl methyl sites for hydroxylation is 1. The molecule has 1 saturated carbocycles. The topological polar surface area (TPSA) is 51.1 Å². The van der Waals surface area contributed by atoms with Gasteiger partial charge in [0, 0.05) is 29.7 Å². The van der Waals surface area contributed by atoms with Crippen LogP contribution >= 0.6 is 0 Å². The van der Waals surface area contributed by atoms with Crippen molar-refractivity contribution >= 4 is 11.6 Å². The molecule has 1 aliphatic carbocycles. The molecule has 0 aliphatic heterocycles. The van der Waals surface area contributed by atoms with Gasteiger partial charge in [-0.05, 0) is 43.7 Å². The Balaban J connectivity index is 2.01. The minimum absolute atomic E-state index is 0.159. The van der Waals surface area contributed by atoms with Gasteiger partial charge in [-0.1, -0.05) is 57.7 Å². The summed E-state index contributed by atoms with van der Waals surface area (Å²) in [6, 6.07) is 11.0. The molecule has 0 spiro atoms. The van der Waals surface area contributed by atoms with E-state index in [1.165, 1.54) is 32.1 Å². The molecular weight excluding hydrogens is 348 g/mol. The summed E-state index contributed by atoms with van der Waals surface area (Å²) in [5.41, 5.74) is 2.83. The van der Waals surface area contributed by atoms with Crippen LogP contribution in [0.3, 0.4) is 0 Å². The van der Waals surface area contributed by atoms with Gasteiger partial charge >= 0.3 is 0 Å². The fourth-order valence-electron chi connectivity index (χ4n) is 4.36. The first-order valence-electron chi connectivity index (χ1n) is 10.8. The standard InChI is InChI=1S/C24H32N2O2/c1-3-11-21-23(24(28)25-19-14-9-6-10-15-19)22(27)16-20(4-2)26(21)17-18-12-7-5-8-13-18/h6,9-10,14-16,18H,3-5,7-8,11-13,17H2,1-2H3,(H,25,28). The average Bonchev–Trinajstić information content (AvgIpc) is 2.71. The lowest BCUT2D eigenvalue weighted by Crippen LogP contribution is -2.30. The van der Waals surface area contributed by atoms with Gasteiger partial charge in [0.1, 0.15) is 5.56 Å². The highest BCUT2D eigenvalue weighted by Crippen LogP contribution is 2.27. The number of amides is 1. The number of para-hydroxylation sites is 1. The van der Waals surface area contributed by atoms with Crippen molar-refractivity contribution in [2.24, 2.45) is 5.92 Å². The lowest BCUT2D eigenvalue weighted by atomic mass is 9.88. The maximum absolute atomic E-state index is 13.1. The van der Waals surface area contributed by atoms with Crippen LogP contribution < -0.4 is 10.7 Å². The fourth-order valence-corrected chi connectivity index (χ4v) is 4.36. The van der Waals surface area contributed by atoms with Crippen molar-refractivity contribution < 1.29 is 4.79 Å². The molecule has 0 saturated heterocycles. The van der Waals surface area contributed by atoms with E-state index in [4.69, 9.17) is 0 Å². The molecule has 1 aromatic heterocycles. The summed E-state index contributed by atoms with van der Waals surface area (Å²) in [4.78, 5) is 25.9. The molecule has 4 nitrogen and oxygen atoms in total. The molecule has 1 aliphatic rings. The third-order valence-electron chi connectivity index (χ3n) is 5.78. The molecular formula is C24H32N2O2. The zero-order valence-electron chi connectivity index (χ0n) is 17.2. The molecule has 28 heavy (non-hydrogen) atoms. The molecule has 1 aromatic carbocycles. The molecule has 1 N–H and O–H groups in total. The molecule has 150 valence electrons. The number of benzene rings is 1. The summed E-state index contributed by atoms with van der Waals surface area (Å²) in [5, 5.41) is 2.91. The van der Waals surface area contributed by atoms with Crippen LogP contribution in [0.2, 0.25) is 0 Å². The van der Waals surface area contributed by atoms with E-state index < -0.39 is 0 Å². The van der Waals surface area contributed by atoms with Gasteiger partial charge in [0.25, 0.3) is 5.91 Å². The zero-order valence-corrected chi connectivity index (χ0v) is 17.2. The Morgan fingerprint density at radius 2 is 1.82 bits per heavy atom. The lowest BCUT2D eigenvalue weighted by molar-refractivity contribution is 0.102. The van der Waals surface area contributed by atoms with Crippen molar-refractivity contribution in [1.29, 1.82) is 0 Å². The van der Waals surface area contributed by atoms with Gasteiger partial charge in [0.2, 0.25) is 0 Å². The summed E-state index contributed by atoms with van der Waals surface area (Å²) in [5.74, 6) is 0.349. The average molecular weight is 381 g/mol. The van der Waals surface area contributed by atoms with Gasteiger partial charge < -0.3 is 9.88 Å². The van der Waals surface area contributed by atoms with Gasteiger partial charge in [-0.3, -0.25) is 9.59 Å². The Labute approximate surface area is 168 Å². The van der Waals surface area contributed by atoms with Crippen LogP contribution in [0.25, 0.3) is 0 Å². The maximum Gasteiger partial charge on any atom is 0.261 e. The van der Waals surface area contributed by atoms with Crippen LogP contribution in [-0.4, -0.2) is 10.5 Å². The smallest absolute Gasteiger partial charge is 0.261 e. The lowest BCUT2D eigenvalue weighted by Gasteiger charge is -2.27. The maximum atomic E-state index is 13.1. The Hall–Kier alpha value is -2.36. The van der Waals surface area contributed by atoms with Gasteiger partial charge in [-0.25, -0.2) is 0 Å². The van der Waals surface area contributed by atoms with E-state index in [1.807, 2.05) is 30.3 Å². The number of pyridine rings is 1. The predicted molar refractivity (Wildman–Crippen MR) is 115 cm³/mol. The quantitative estimate of drug-likeness (QED) is 0.718. The normalized spacial score (nSPS) is 14.8. The first kappa shape index (κ1) is 20.4. The summed E-state index contributed by atoms with van der Waals surface area (Å²) in [6.07, 6.45) is 8.84. The number of carbonyl (C=O) groups is 1. The number of hydrogen-bond donors (Lipinski definition) is 1. The first-order chi connectivity index (χ1) is 13.6. The number of aromatic nitrogens is 1. The van der Waals surface area contributed by atoms with E-state index in [0.717, 1.165) is 37.2 Å². The van der Waals surface area contributed by atoms with Gasteiger partial charge in [0.05, 0.1) is 0 Å².